The highest BCUT2D eigenvalue weighted by Gasteiger charge is 2.05. The third kappa shape index (κ3) is 5.48. The number of hydrogen-bond donors (Lipinski definition) is 1. The second kappa shape index (κ2) is 9.42. The lowest BCUT2D eigenvalue weighted by molar-refractivity contribution is 0.102. The molecule has 1 amide bonds. The highest BCUT2D eigenvalue weighted by atomic mass is 16.5. The predicted molar refractivity (Wildman–Crippen MR) is 102 cm³/mol. The summed E-state index contributed by atoms with van der Waals surface area (Å²) < 4.78 is 7.84. The Morgan fingerprint density at radius 2 is 1.81 bits per heavy atom. The summed E-state index contributed by atoms with van der Waals surface area (Å²) in [7, 11) is 0. The fraction of sp³-hybridized carbons (Fsp3) is 0.238. The summed E-state index contributed by atoms with van der Waals surface area (Å²) in [6.45, 7) is 1.69. The lowest BCUT2D eigenvalue weighted by atomic mass is 10.2. The van der Waals surface area contributed by atoms with E-state index < -0.39 is 0 Å². The van der Waals surface area contributed by atoms with Crippen molar-refractivity contribution in [2.45, 2.75) is 25.8 Å². The number of anilines is 1. The Morgan fingerprint density at radius 1 is 1.00 bits per heavy atom. The van der Waals surface area contributed by atoms with Crippen LogP contribution in [-0.2, 0) is 6.54 Å². The summed E-state index contributed by atoms with van der Waals surface area (Å²) in [5, 5.41) is 2.88. The van der Waals surface area contributed by atoms with Crippen LogP contribution >= 0.6 is 0 Å². The summed E-state index contributed by atoms with van der Waals surface area (Å²) in [6.07, 6.45) is 8.87. The normalized spacial score (nSPS) is 10.5. The molecule has 2 aromatic carbocycles. The monoisotopic (exact) mass is 349 g/mol. The van der Waals surface area contributed by atoms with Gasteiger partial charge in [0.2, 0.25) is 0 Å². The van der Waals surface area contributed by atoms with Crippen molar-refractivity contribution in [2.75, 3.05) is 11.9 Å². The van der Waals surface area contributed by atoms with E-state index in [-0.39, 0.29) is 5.91 Å². The molecule has 0 unspecified atom stereocenters. The van der Waals surface area contributed by atoms with Gasteiger partial charge in [-0.25, -0.2) is 4.98 Å². The van der Waals surface area contributed by atoms with Crippen molar-refractivity contribution in [3.05, 3.63) is 78.9 Å². The minimum absolute atomic E-state index is 0.114. The third-order valence-electron chi connectivity index (χ3n) is 4.04. The standard InChI is InChI=1S/C21H23N3O2/c25-21(18-7-3-1-4-8-18)23-19-9-11-20(12-10-19)26-16-6-2-5-14-24-15-13-22-17-24/h1,3-4,7-13,15,17H,2,5-6,14,16H2,(H,23,25). The van der Waals surface area contributed by atoms with E-state index in [9.17, 15) is 4.79 Å². The summed E-state index contributed by atoms with van der Waals surface area (Å²) in [4.78, 5) is 16.1. The van der Waals surface area contributed by atoms with Gasteiger partial charge in [0, 0.05) is 30.2 Å². The Labute approximate surface area is 153 Å². The average Bonchev–Trinajstić information content (AvgIpc) is 3.20. The summed E-state index contributed by atoms with van der Waals surface area (Å²) in [6, 6.07) is 16.6. The fourth-order valence-electron chi connectivity index (χ4n) is 2.61. The van der Waals surface area contributed by atoms with Crippen molar-refractivity contribution in [2.24, 2.45) is 0 Å². The molecule has 0 saturated carbocycles. The van der Waals surface area contributed by atoms with Crippen LogP contribution in [0.3, 0.4) is 0 Å². The molecule has 0 atom stereocenters. The third-order valence-corrected chi connectivity index (χ3v) is 4.04. The Bertz CT molecular complexity index is 784. The van der Waals surface area contributed by atoms with Crippen LogP contribution in [0.1, 0.15) is 29.6 Å². The van der Waals surface area contributed by atoms with Crippen LogP contribution in [0.15, 0.2) is 73.3 Å². The zero-order valence-electron chi connectivity index (χ0n) is 14.7. The van der Waals surface area contributed by atoms with Crippen molar-refractivity contribution in [3.63, 3.8) is 0 Å². The number of nitrogens with zero attached hydrogens (tertiary/aromatic N) is 2. The number of carbonyl (C=O) groups excluding carboxylic acids is 1. The minimum Gasteiger partial charge on any atom is -0.494 e. The first-order valence-electron chi connectivity index (χ1n) is 8.86. The van der Waals surface area contributed by atoms with Gasteiger partial charge in [-0.15, -0.1) is 0 Å². The number of rotatable bonds is 9. The van der Waals surface area contributed by atoms with E-state index in [2.05, 4.69) is 14.9 Å². The molecule has 134 valence electrons. The van der Waals surface area contributed by atoms with Gasteiger partial charge in [0.15, 0.2) is 0 Å². The number of hydrogen-bond acceptors (Lipinski definition) is 3. The van der Waals surface area contributed by atoms with E-state index in [1.54, 1.807) is 18.3 Å². The molecule has 3 aromatic rings. The quantitative estimate of drug-likeness (QED) is 0.583. The molecule has 5 nitrogen and oxygen atoms in total. The number of imidazole rings is 1. The van der Waals surface area contributed by atoms with Crippen LogP contribution in [0.2, 0.25) is 0 Å². The molecule has 0 radical (unpaired) electrons. The molecule has 0 aliphatic heterocycles. The molecule has 0 bridgehead atoms. The number of ether oxygens (including phenoxy) is 1. The number of benzene rings is 2. The van der Waals surface area contributed by atoms with Crippen molar-refractivity contribution < 1.29 is 9.53 Å². The van der Waals surface area contributed by atoms with Gasteiger partial charge in [0.05, 0.1) is 12.9 Å². The molecule has 1 aromatic heterocycles. The fourth-order valence-corrected chi connectivity index (χ4v) is 2.61. The Kier molecular flexibility index (Phi) is 6.42. The largest absolute Gasteiger partial charge is 0.494 e. The molecule has 0 aliphatic rings. The second-order valence-electron chi connectivity index (χ2n) is 6.05. The van der Waals surface area contributed by atoms with E-state index in [1.807, 2.05) is 55.0 Å². The first kappa shape index (κ1) is 17.7. The van der Waals surface area contributed by atoms with Gasteiger partial charge < -0.3 is 14.6 Å². The van der Waals surface area contributed by atoms with Gasteiger partial charge in [-0.1, -0.05) is 18.2 Å². The van der Waals surface area contributed by atoms with E-state index in [4.69, 9.17) is 4.74 Å². The van der Waals surface area contributed by atoms with Gasteiger partial charge in [-0.05, 0) is 55.7 Å². The van der Waals surface area contributed by atoms with Gasteiger partial charge >= 0.3 is 0 Å². The van der Waals surface area contributed by atoms with Crippen LogP contribution in [-0.4, -0.2) is 22.1 Å². The molecule has 26 heavy (non-hydrogen) atoms. The Hall–Kier alpha value is -3.08. The summed E-state index contributed by atoms with van der Waals surface area (Å²) >= 11 is 0. The second-order valence-corrected chi connectivity index (χ2v) is 6.05. The number of amides is 1. The van der Waals surface area contributed by atoms with Crippen LogP contribution in [0.25, 0.3) is 0 Å². The van der Waals surface area contributed by atoms with Crippen LogP contribution in [0, 0.1) is 0 Å². The summed E-state index contributed by atoms with van der Waals surface area (Å²) in [5.41, 5.74) is 1.40. The molecule has 3 rings (SSSR count). The Balaban J connectivity index is 1.35. The zero-order chi connectivity index (χ0) is 18.0. The lowest BCUT2D eigenvalue weighted by Crippen LogP contribution is -2.11. The van der Waals surface area contributed by atoms with Crippen molar-refractivity contribution in [1.29, 1.82) is 0 Å². The number of nitrogens with one attached hydrogen (secondary N) is 1. The average molecular weight is 349 g/mol. The van der Waals surface area contributed by atoms with E-state index in [1.165, 1.54) is 0 Å². The van der Waals surface area contributed by atoms with Gasteiger partial charge in [0.1, 0.15) is 5.75 Å². The van der Waals surface area contributed by atoms with E-state index >= 15 is 0 Å². The number of carbonyl (C=O) groups is 1. The molecule has 5 heteroatoms. The first-order valence-corrected chi connectivity index (χ1v) is 8.86. The van der Waals surface area contributed by atoms with E-state index in [0.29, 0.717) is 12.2 Å². The smallest absolute Gasteiger partial charge is 0.255 e. The van der Waals surface area contributed by atoms with Crippen LogP contribution in [0.5, 0.6) is 5.75 Å². The van der Waals surface area contributed by atoms with Crippen molar-refractivity contribution in [1.82, 2.24) is 9.55 Å². The molecule has 1 N–H and O–H groups in total. The van der Waals surface area contributed by atoms with E-state index in [0.717, 1.165) is 37.2 Å². The number of aromatic nitrogens is 2. The topological polar surface area (TPSA) is 56.1 Å². The summed E-state index contributed by atoms with van der Waals surface area (Å²) in [5.74, 6) is 0.703. The van der Waals surface area contributed by atoms with Gasteiger partial charge in [-0.3, -0.25) is 4.79 Å². The van der Waals surface area contributed by atoms with Gasteiger partial charge in [0.25, 0.3) is 5.91 Å². The SMILES string of the molecule is O=C(Nc1ccc(OCCCCCn2ccnc2)cc1)c1ccccc1. The van der Waals surface area contributed by atoms with Crippen LogP contribution in [0.4, 0.5) is 5.69 Å². The molecule has 0 aliphatic carbocycles. The van der Waals surface area contributed by atoms with Crippen molar-refractivity contribution in [3.8, 4) is 5.75 Å². The molecule has 0 saturated heterocycles. The zero-order valence-corrected chi connectivity index (χ0v) is 14.7. The minimum atomic E-state index is -0.114. The molecular weight excluding hydrogens is 326 g/mol. The molecule has 1 heterocycles. The first-order chi connectivity index (χ1) is 12.8. The Morgan fingerprint density at radius 3 is 2.54 bits per heavy atom. The number of unbranched alkanes of at least 4 members (excludes halogenated alkanes) is 2. The van der Waals surface area contributed by atoms with Crippen molar-refractivity contribution >= 4 is 11.6 Å². The highest BCUT2D eigenvalue weighted by Crippen LogP contribution is 2.17. The molecule has 0 spiro atoms. The number of aryl methyl sites for hydroxylation is 1. The molecular formula is C21H23N3O2. The lowest BCUT2D eigenvalue weighted by Gasteiger charge is -2.09. The maximum atomic E-state index is 12.1. The maximum Gasteiger partial charge on any atom is 0.255 e. The highest BCUT2D eigenvalue weighted by molar-refractivity contribution is 6.04. The maximum absolute atomic E-state index is 12.1. The molecule has 0 fully saturated rings. The van der Waals surface area contributed by atoms with Crippen LogP contribution < -0.4 is 10.1 Å². The predicted octanol–water partition coefficient (Wildman–Crippen LogP) is 4.38. The van der Waals surface area contributed by atoms with Gasteiger partial charge in [-0.2, -0.15) is 0 Å².